The molecule has 1 atom stereocenters. The van der Waals surface area contributed by atoms with Crippen LogP contribution in [0.15, 0.2) is 28.7 Å². The van der Waals surface area contributed by atoms with Crippen LogP contribution >= 0.6 is 28.1 Å². The topological polar surface area (TPSA) is 82.6 Å². The maximum Gasteiger partial charge on any atom is 0.268 e. The molecule has 0 saturated carbocycles. The predicted molar refractivity (Wildman–Crippen MR) is 85.6 cm³/mol. The highest BCUT2D eigenvalue weighted by Crippen LogP contribution is 2.37. The molecular formula is C13H16BrN3O3S. The minimum atomic E-state index is -1.24. The summed E-state index contributed by atoms with van der Waals surface area (Å²) in [5, 5.41) is 13.3. The molecule has 4 N–H and O–H groups in total. The molecule has 6 nitrogen and oxygen atoms in total. The number of nitrogens with one attached hydrogen (secondary N) is 3. The van der Waals surface area contributed by atoms with Crippen LogP contribution in [-0.2, 0) is 14.9 Å². The minimum Gasteiger partial charge on any atom is -0.382 e. The molecule has 0 radical (unpaired) electrons. The maximum atomic E-state index is 12.1. The number of ether oxygens (including phenoxy) is 1. The monoisotopic (exact) mass is 373 g/mol. The highest BCUT2D eigenvalue weighted by molar-refractivity contribution is 9.10. The number of thiocarbonyl (C=S) groups is 1. The molecule has 0 spiro atoms. The van der Waals surface area contributed by atoms with Gasteiger partial charge in [0.15, 0.2) is 5.11 Å². The molecule has 0 aliphatic carbocycles. The van der Waals surface area contributed by atoms with Crippen molar-refractivity contribution in [3.05, 3.63) is 34.3 Å². The van der Waals surface area contributed by atoms with Gasteiger partial charge in [-0.1, -0.05) is 28.1 Å². The van der Waals surface area contributed by atoms with E-state index in [-0.39, 0.29) is 18.3 Å². The fourth-order valence-corrected chi connectivity index (χ4v) is 2.55. The highest BCUT2D eigenvalue weighted by Gasteiger charge is 2.50. The molecular weight excluding hydrogens is 358 g/mol. The summed E-state index contributed by atoms with van der Waals surface area (Å²) in [4.78, 5) is 12.1. The molecule has 1 unspecified atom stereocenters. The summed E-state index contributed by atoms with van der Waals surface area (Å²) in [6, 6.07) is 7.49. The number of aliphatic hydroxyl groups excluding tert-OH is 1. The van der Waals surface area contributed by atoms with Crippen LogP contribution in [0.2, 0.25) is 0 Å². The first-order valence-electron chi connectivity index (χ1n) is 6.29. The van der Waals surface area contributed by atoms with Gasteiger partial charge in [0.05, 0.1) is 18.6 Å². The van der Waals surface area contributed by atoms with Crippen LogP contribution in [0.5, 0.6) is 0 Å². The number of amides is 1. The molecule has 1 fully saturated rings. The van der Waals surface area contributed by atoms with Gasteiger partial charge in [0.2, 0.25) is 0 Å². The molecule has 8 heteroatoms. The van der Waals surface area contributed by atoms with Crippen molar-refractivity contribution in [2.75, 3.05) is 20.3 Å². The SMILES string of the molecule is CNC(=S)NNC(=O)C(O)C1(c2cccc(Br)c2)COC1. The van der Waals surface area contributed by atoms with Gasteiger partial charge in [-0.3, -0.25) is 15.6 Å². The normalized spacial score (nSPS) is 17.3. The van der Waals surface area contributed by atoms with E-state index in [4.69, 9.17) is 17.0 Å². The standard InChI is InChI=1S/C13H16BrN3O3S/c1-15-12(21)17-16-11(19)10(18)13(6-20-7-13)8-3-2-4-9(14)5-8/h2-5,10,18H,6-7H2,1H3,(H,16,19)(H2,15,17,21). The second kappa shape index (κ2) is 6.69. The fourth-order valence-electron chi connectivity index (χ4n) is 2.10. The number of benzene rings is 1. The van der Waals surface area contributed by atoms with Gasteiger partial charge in [-0.25, -0.2) is 0 Å². The van der Waals surface area contributed by atoms with Gasteiger partial charge >= 0.3 is 0 Å². The number of carbonyl (C=O) groups is 1. The van der Waals surface area contributed by atoms with E-state index in [1.807, 2.05) is 24.3 Å². The largest absolute Gasteiger partial charge is 0.382 e. The average molecular weight is 374 g/mol. The summed E-state index contributed by atoms with van der Waals surface area (Å²) in [7, 11) is 1.63. The lowest BCUT2D eigenvalue weighted by molar-refractivity contribution is -0.154. The molecule has 1 aromatic carbocycles. The number of carbonyl (C=O) groups excluding carboxylic acids is 1. The first kappa shape index (κ1) is 16.2. The molecule has 114 valence electrons. The van der Waals surface area contributed by atoms with E-state index in [0.29, 0.717) is 0 Å². The van der Waals surface area contributed by atoms with Crippen LogP contribution in [0.3, 0.4) is 0 Å². The average Bonchev–Trinajstić information content (AvgIpc) is 2.43. The summed E-state index contributed by atoms with van der Waals surface area (Å²) in [6.07, 6.45) is -1.24. The van der Waals surface area contributed by atoms with E-state index in [2.05, 4.69) is 32.1 Å². The van der Waals surface area contributed by atoms with Gasteiger partial charge in [0.1, 0.15) is 6.10 Å². The second-order valence-electron chi connectivity index (χ2n) is 4.76. The second-order valence-corrected chi connectivity index (χ2v) is 6.08. The number of hydrogen-bond acceptors (Lipinski definition) is 4. The van der Waals surface area contributed by atoms with Crippen molar-refractivity contribution >= 4 is 39.2 Å². The molecule has 2 rings (SSSR count). The minimum absolute atomic E-state index is 0.261. The van der Waals surface area contributed by atoms with Gasteiger partial charge in [0, 0.05) is 11.5 Å². The summed E-state index contributed by atoms with van der Waals surface area (Å²) in [5.74, 6) is -0.559. The Balaban J connectivity index is 2.13. The van der Waals surface area contributed by atoms with Crippen molar-refractivity contribution in [1.82, 2.24) is 16.2 Å². The number of rotatable bonds is 3. The smallest absolute Gasteiger partial charge is 0.268 e. The first-order valence-corrected chi connectivity index (χ1v) is 7.49. The van der Waals surface area contributed by atoms with Gasteiger partial charge < -0.3 is 15.2 Å². The molecule has 21 heavy (non-hydrogen) atoms. The van der Waals surface area contributed by atoms with Crippen LogP contribution in [0.25, 0.3) is 0 Å². The highest BCUT2D eigenvalue weighted by atomic mass is 79.9. The Morgan fingerprint density at radius 3 is 2.71 bits per heavy atom. The van der Waals surface area contributed by atoms with Crippen LogP contribution in [0.4, 0.5) is 0 Å². The Kier molecular flexibility index (Phi) is 5.15. The number of hydrogen-bond donors (Lipinski definition) is 4. The van der Waals surface area contributed by atoms with Gasteiger partial charge in [-0.2, -0.15) is 0 Å². The van der Waals surface area contributed by atoms with Crippen LogP contribution < -0.4 is 16.2 Å². The Morgan fingerprint density at radius 2 is 2.19 bits per heavy atom. The third kappa shape index (κ3) is 3.34. The number of aliphatic hydroxyl groups is 1. The van der Waals surface area contributed by atoms with Crippen molar-refractivity contribution in [3.8, 4) is 0 Å². The zero-order chi connectivity index (χ0) is 15.5. The predicted octanol–water partition coefficient (Wildman–Crippen LogP) is 0.203. The third-order valence-corrected chi connectivity index (χ3v) is 4.22. The van der Waals surface area contributed by atoms with E-state index in [1.165, 1.54) is 0 Å². The van der Waals surface area contributed by atoms with Crippen molar-refractivity contribution < 1.29 is 14.6 Å². The van der Waals surface area contributed by atoms with Crippen LogP contribution in [0, 0.1) is 0 Å². The zero-order valence-corrected chi connectivity index (χ0v) is 13.8. The van der Waals surface area contributed by atoms with Gasteiger partial charge in [-0.05, 0) is 29.9 Å². The first-order chi connectivity index (χ1) is 9.99. The Labute approximate surface area is 136 Å². The lowest BCUT2D eigenvalue weighted by Crippen LogP contribution is -2.62. The quantitative estimate of drug-likeness (QED) is 0.447. The van der Waals surface area contributed by atoms with Crippen LogP contribution in [-0.4, -0.2) is 42.5 Å². The van der Waals surface area contributed by atoms with Crippen molar-refractivity contribution in [1.29, 1.82) is 0 Å². The van der Waals surface area contributed by atoms with Crippen LogP contribution in [0.1, 0.15) is 5.56 Å². The van der Waals surface area contributed by atoms with Crippen molar-refractivity contribution in [3.63, 3.8) is 0 Å². The maximum absolute atomic E-state index is 12.1. The van der Waals surface area contributed by atoms with Crippen molar-refractivity contribution in [2.24, 2.45) is 0 Å². The fraction of sp³-hybridized carbons (Fsp3) is 0.385. The molecule has 1 saturated heterocycles. The third-order valence-electron chi connectivity index (χ3n) is 3.42. The van der Waals surface area contributed by atoms with E-state index >= 15 is 0 Å². The summed E-state index contributed by atoms with van der Waals surface area (Å²) >= 11 is 8.25. The van der Waals surface area contributed by atoms with E-state index < -0.39 is 17.4 Å². The molecule has 1 aliphatic heterocycles. The van der Waals surface area contributed by atoms with E-state index in [1.54, 1.807) is 7.05 Å². The summed E-state index contributed by atoms with van der Waals surface area (Å²) < 4.78 is 6.12. The Morgan fingerprint density at radius 1 is 1.48 bits per heavy atom. The molecule has 0 aromatic heterocycles. The van der Waals surface area contributed by atoms with E-state index in [0.717, 1.165) is 10.0 Å². The summed E-state index contributed by atoms with van der Waals surface area (Å²) in [6.45, 7) is 0.572. The number of hydrazine groups is 1. The number of halogens is 1. The molecule has 1 heterocycles. The zero-order valence-electron chi connectivity index (χ0n) is 11.4. The molecule has 1 amide bonds. The summed E-state index contributed by atoms with van der Waals surface area (Å²) in [5.41, 5.74) is 5.00. The molecule has 0 bridgehead atoms. The lowest BCUT2D eigenvalue weighted by atomic mass is 9.73. The molecule has 1 aliphatic rings. The van der Waals surface area contributed by atoms with Gasteiger partial charge in [-0.15, -0.1) is 0 Å². The Bertz CT molecular complexity index is 551. The van der Waals surface area contributed by atoms with Gasteiger partial charge in [0.25, 0.3) is 5.91 Å². The lowest BCUT2D eigenvalue weighted by Gasteiger charge is -2.44. The van der Waals surface area contributed by atoms with E-state index in [9.17, 15) is 9.90 Å². The van der Waals surface area contributed by atoms with Crippen molar-refractivity contribution in [2.45, 2.75) is 11.5 Å². The molecule has 1 aromatic rings. The Hall–Kier alpha value is -1.22.